The van der Waals surface area contributed by atoms with Gasteiger partial charge >= 0.3 is 0 Å². The zero-order chi connectivity index (χ0) is 12.5. The maximum atomic E-state index is 10.6. The quantitative estimate of drug-likeness (QED) is 0.754. The van der Waals surface area contributed by atoms with E-state index in [0.717, 1.165) is 32.4 Å². The summed E-state index contributed by atoms with van der Waals surface area (Å²) >= 11 is 4.98. The molecule has 0 bridgehead atoms. The van der Waals surface area contributed by atoms with Gasteiger partial charge in [0.05, 0.1) is 10.6 Å². The van der Waals surface area contributed by atoms with Gasteiger partial charge in [0.25, 0.3) is 0 Å². The Kier molecular flexibility index (Phi) is 4.06. The third-order valence-electron chi connectivity index (χ3n) is 4.58. The number of hydrogen-bond donors (Lipinski definition) is 2. The van der Waals surface area contributed by atoms with Crippen molar-refractivity contribution in [2.45, 2.75) is 57.1 Å². The van der Waals surface area contributed by atoms with E-state index in [1.165, 1.54) is 19.3 Å². The van der Waals surface area contributed by atoms with Crippen LogP contribution in [0.25, 0.3) is 0 Å². The Morgan fingerprint density at radius 2 is 2.29 bits per heavy atom. The SMILES string of the molecule is CC(CC(N)=S)N1CCC2(O)CCCCC2C1. The molecule has 3 atom stereocenters. The average molecular weight is 256 g/mol. The highest BCUT2D eigenvalue weighted by atomic mass is 32.1. The minimum atomic E-state index is -0.377. The van der Waals surface area contributed by atoms with Gasteiger partial charge in [0, 0.05) is 31.5 Å². The lowest BCUT2D eigenvalue weighted by Gasteiger charge is -2.49. The summed E-state index contributed by atoms with van der Waals surface area (Å²) in [4.78, 5) is 3.05. The topological polar surface area (TPSA) is 49.5 Å². The third kappa shape index (κ3) is 2.98. The van der Waals surface area contributed by atoms with Crippen LogP contribution in [0.1, 0.15) is 45.4 Å². The predicted molar refractivity (Wildman–Crippen MR) is 74.0 cm³/mol. The van der Waals surface area contributed by atoms with Crippen LogP contribution in [0.5, 0.6) is 0 Å². The third-order valence-corrected chi connectivity index (χ3v) is 4.75. The van der Waals surface area contributed by atoms with Crippen molar-refractivity contribution in [3.8, 4) is 0 Å². The number of hydrogen-bond acceptors (Lipinski definition) is 3. The Hall–Kier alpha value is -0.190. The minimum absolute atomic E-state index is 0.377. The maximum absolute atomic E-state index is 10.6. The maximum Gasteiger partial charge on any atom is 0.0742 e. The summed E-state index contributed by atoms with van der Waals surface area (Å²) in [7, 11) is 0. The number of nitrogens with zero attached hydrogens (tertiary/aromatic N) is 1. The van der Waals surface area contributed by atoms with Crippen LogP contribution in [0.3, 0.4) is 0 Å². The van der Waals surface area contributed by atoms with E-state index in [2.05, 4.69) is 11.8 Å². The molecule has 3 N–H and O–H groups in total. The van der Waals surface area contributed by atoms with Crippen LogP contribution in [0.2, 0.25) is 0 Å². The molecule has 0 spiro atoms. The van der Waals surface area contributed by atoms with Gasteiger partial charge in [0.15, 0.2) is 0 Å². The molecular weight excluding hydrogens is 232 g/mol. The number of nitrogens with two attached hydrogens (primary N) is 1. The van der Waals surface area contributed by atoms with E-state index in [9.17, 15) is 5.11 Å². The van der Waals surface area contributed by atoms with Crippen molar-refractivity contribution in [3.05, 3.63) is 0 Å². The first-order chi connectivity index (χ1) is 8.01. The first kappa shape index (κ1) is 13.2. The molecule has 0 aromatic heterocycles. The molecule has 98 valence electrons. The van der Waals surface area contributed by atoms with E-state index < -0.39 is 0 Å². The molecule has 3 unspecified atom stereocenters. The monoisotopic (exact) mass is 256 g/mol. The molecule has 0 aromatic rings. The van der Waals surface area contributed by atoms with Crippen LogP contribution in [-0.4, -0.2) is 39.7 Å². The normalized spacial score (nSPS) is 36.2. The molecule has 2 rings (SSSR count). The van der Waals surface area contributed by atoms with Crippen LogP contribution in [0, 0.1) is 5.92 Å². The van der Waals surface area contributed by atoms with Gasteiger partial charge in [0.1, 0.15) is 0 Å². The summed E-state index contributed by atoms with van der Waals surface area (Å²) in [6, 6.07) is 0.416. The lowest BCUT2D eigenvalue weighted by Crippen LogP contribution is -2.55. The molecule has 2 aliphatic rings. The zero-order valence-electron chi connectivity index (χ0n) is 10.7. The van der Waals surface area contributed by atoms with Gasteiger partial charge < -0.3 is 10.8 Å². The van der Waals surface area contributed by atoms with Gasteiger partial charge in [-0.2, -0.15) is 0 Å². The Labute approximate surface area is 109 Å². The Morgan fingerprint density at radius 3 is 3.00 bits per heavy atom. The fourth-order valence-electron chi connectivity index (χ4n) is 3.42. The molecule has 0 amide bonds. The largest absolute Gasteiger partial charge is 0.393 e. The van der Waals surface area contributed by atoms with E-state index in [4.69, 9.17) is 18.0 Å². The van der Waals surface area contributed by atoms with E-state index in [1.807, 2.05) is 0 Å². The first-order valence-electron chi connectivity index (χ1n) is 6.76. The molecule has 0 radical (unpaired) electrons. The van der Waals surface area contributed by atoms with Crippen LogP contribution >= 0.6 is 12.2 Å². The first-order valence-corrected chi connectivity index (χ1v) is 7.17. The van der Waals surface area contributed by atoms with Crippen molar-refractivity contribution in [3.63, 3.8) is 0 Å². The molecule has 17 heavy (non-hydrogen) atoms. The standard InChI is InChI=1S/C13H24N2OS/c1-10(8-12(14)17)15-7-6-13(16)5-3-2-4-11(13)9-15/h10-11,16H,2-9H2,1H3,(H2,14,17). The van der Waals surface area contributed by atoms with E-state index >= 15 is 0 Å². The average Bonchev–Trinajstić information content (AvgIpc) is 2.26. The van der Waals surface area contributed by atoms with Gasteiger partial charge in [-0.1, -0.05) is 25.1 Å². The van der Waals surface area contributed by atoms with Crippen LogP contribution in [0.4, 0.5) is 0 Å². The fourth-order valence-corrected chi connectivity index (χ4v) is 3.66. The number of thiocarbonyl (C=S) groups is 1. The molecule has 0 aromatic carbocycles. The summed E-state index contributed by atoms with van der Waals surface area (Å²) in [6.45, 7) is 4.18. The zero-order valence-corrected chi connectivity index (χ0v) is 11.5. The number of fused-ring (bicyclic) bond motifs is 1. The lowest BCUT2D eigenvalue weighted by atomic mass is 9.71. The Balaban J connectivity index is 1.94. The minimum Gasteiger partial charge on any atom is -0.393 e. The number of rotatable bonds is 3. The second-order valence-electron chi connectivity index (χ2n) is 5.81. The number of piperidine rings is 1. The van der Waals surface area contributed by atoms with Crippen molar-refractivity contribution in [1.82, 2.24) is 4.90 Å². The van der Waals surface area contributed by atoms with Crippen LogP contribution < -0.4 is 5.73 Å². The van der Waals surface area contributed by atoms with E-state index in [1.54, 1.807) is 0 Å². The van der Waals surface area contributed by atoms with Gasteiger partial charge in [-0.15, -0.1) is 0 Å². The summed E-state index contributed by atoms with van der Waals surface area (Å²) in [5.74, 6) is 0.457. The molecule has 2 fully saturated rings. The van der Waals surface area contributed by atoms with Gasteiger partial charge in [-0.3, -0.25) is 4.90 Å². The molecule has 1 aliphatic carbocycles. The summed E-state index contributed by atoms with van der Waals surface area (Å²) < 4.78 is 0. The highest BCUT2D eigenvalue weighted by Gasteiger charge is 2.43. The second kappa shape index (κ2) is 5.21. The fraction of sp³-hybridized carbons (Fsp3) is 0.923. The Bertz CT molecular complexity index is 297. The van der Waals surface area contributed by atoms with Crippen LogP contribution in [-0.2, 0) is 0 Å². The smallest absolute Gasteiger partial charge is 0.0742 e. The van der Waals surface area contributed by atoms with E-state index in [0.29, 0.717) is 16.9 Å². The van der Waals surface area contributed by atoms with Crippen LogP contribution in [0.15, 0.2) is 0 Å². The molecule has 1 saturated heterocycles. The molecule has 1 aliphatic heterocycles. The second-order valence-corrected chi connectivity index (χ2v) is 6.34. The van der Waals surface area contributed by atoms with Crippen molar-refractivity contribution in [2.24, 2.45) is 11.7 Å². The molecular formula is C13H24N2OS. The summed E-state index contributed by atoms with van der Waals surface area (Å²) in [6.07, 6.45) is 6.34. The number of aliphatic hydroxyl groups is 1. The van der Waals surface area contributed by atoms with Crippen molar-refractivity contribution in [2.75, 3.05) is 13.1 Å². The van der Waals surface area contributed by atoms with E-state index in [-0.39, 0.29) is 5.60 Å². The summed E-state index contributed by atoms with van der Waals surface area (Å²) in [5.41, 5.74) is 5.24. The molecule has 1 heterocycles. The van der Waals surface area contributed by atoms with Gasteiger partial charge in [0.2, 0.25) is 0 Å². The molecule has 1 saturated carbocycles. The highest BCUT2D eigenvalue weighted by molar-refractivity contribution is 7.80. The molecule has 4 heteroatoms. The lowest BCUT2D eigenvalue weighted by molar-refractivity contribution is -0.101. The Morgan fingerprint density at radius 1 is 1.53 bits per heavy atom. The van der Waals surface area contributed by atoms with Crippen molar-refractivity contribution in [1.29, 1.82) is 0 Å². The highest BCUT2D eigenvalue weighted by Crippen LogP contribution is 2.40. The van der Waals surface area contributed by atoms with Crippen molar-refractivity contribution < 1.29 is 5.11 Å². The van der Waals surface area contributed by atoms with Gasteiger partial charge in [-0.05, 0) is 26.2 Å². The molecule has 3 nitrogen and oxygen atoms in total. The van der Waals surface area contributed by atoms with Gasteiger partial charge in [-0.25, -0.2) is 0 Å². The summed E-state index contributed by atoms with van der Waals surface area (Å²) in [5, 5.41) is 10.6. The predicted octanol–water partition coefficient (Wildman–Crippen LogP) is 1.68. The van der Waals surface area contributed by atoms with Crippen molar-refractivity contribution >= 4 is 17.2 Å². The number of likely N-dealkylation sites (tertiary alicyclic amines) is 1.